The van der Waals surface area contributed by atoms with Crippen LogP contribution >= 0.6 is 0 Å². The molecule has 1 aromatic rings. The summed E-state index contributed by atoms with van der Waals surface area (Å²) in [4.78, 5) is 22.8. The summed E-state index contributed by atoms with van der Waals surface area (Å²) >= 11 is 0. The maximum absolute atomic E-state index is 11.8. The van der Waals surface area contributed by atoms with Crippen molar-refractivity contribution in [3.8, 4) is 0 Å². The second-order valence-corrected chi connectivity index (χ2v) is 7.69. The largest absolute Gasteiger partial charge is 0.465 e. The van der Waals surface area contributed by atoms with Crippen LogP contribution in [0.15, 0.2) is 12.1 Å². The van der Waals surface area contributed by atoms with Crippen LogP contribution in [0.2, 0.25) is 0 Å². The molecule has 0 spiro atoms. The number of benzene rings is 1. The fraction of sp³-hybridized carbons (Fsp3) is 0.611. The number of ether oxygens (including phenoxy) is 1. The average molecular weight is 334 g/mol. The first kappa shape index (κ1) is 18.2. The molecule has 6 nitrogen and oxygen atoms in total. The van der Waals surface area contributed by atoms with Gasteiger partial charge >= 0.3 is 5.97 Å². The van der Waals surface area contributed by atoms with Gasteiger partial charge in [-0.1, -0.05) is 20.8 Å². The number of rotatable bonds is 4. The molecule has 0 saturated heterocycles. The molecule has 0 amide bonds. The fourth-order valence-electron chi connectivity index (χ4n) is 3.97. The van der Waals surface area contributed by atoms with Gasteiger partial charge in [0.05, 0.1) is 17.6 Å². The Labute approximate surface area is 142 Å². The molecule has 1 aromatic carbocycles. The third kappa shape index (κ3) is 4.04. The molecule has 0 bridgehead atoms. The fourth-order valence-corrected chi connectivity index (χ4v) is 3.97. The van der Waals surface area contributed by atoms with Gasteiger partial charge in [0.1, 0.15) is 5.69 Å². The summed E-state index contributed by atoms with van der Waals surface area (Å²) in [7, 11) is 1.27. The van der Waals surface area contributed by atoms with Gasteiger partial charge in [-0.25, -0.2) is 4.79 Å². The van der Waals surface area contributed by atoms with Crippen LogP contribution in [0.25, 0.3) is 0 Å². The molecule has 0 unspecified atom stereocenters. The van der Waals surface area contributed by atoms with Crippen molar-refractivity contribution in [1.82, 2.24) is 0 Å². The third-order valence-electron chi connectivity index (χ3n) is 4.69. The zero-order valence-corrected chi connectivity index (χ0v) is 15.0. The summed E-state index contributed by atoms with van der Waals surface area (Å²) in [6, 6.07) is 3.17. The van der Waals surface area contributed by atoms with E-state index in [1.54, 1.807) is 13.0 Å². The summed E-state index contributed by atoms with van der Waals surface area (Å²) in [5, 5.41) is 14.8. The second-order valence-electron chi connectivity index (χ2n) is 7.69. The van der Waals surface area contributed by atoms with Crippen LogP contribution in [0.5, 0.6) is 0 Å². The van der Waals surface area contributed by atoms with Gasteiger partial charge in [0.25, 0.3) is 5.69 Å². The summed E-state index contributed by atoms with van der Waals surface area (Å²) in [6.45, 7) is 8.44. The van der Waals surface area contributed by atoms with Crippen LogP contribution < -0.4 is 5.32 Å². The number of nitro groups is 1. The molecule has 1 N–H and O–H groups in total. The van der Waals surface area contributed by atoms with Gasteiger partial charge in [0, 0.05) is 12.1 Å². The first-order valence-electron chi connectivity index (χ1n) is 8.27. The minimum absolute atomic E-state index is 0.0861. The Hall–Kier alpha value is -2.11. The van der Waals surface area contributed by atoms with E-state index < -0.39 is 10.9 Å². The predicted molar refractivity (Wildman–Crippen MR) is 93.4 cm³/mol. The van der Waals surface area contributed by atoms with Gasteiger partial charge in [-0.05, 0) is 49.1 Å². The Morgan fingerprint density at radius 1 is 1.38 bits per heavy atom. The molecule has 2 atom stereocenters. The molecular formula is C18H26N2O4. The van der Waals surface area contributed by atoms with Gasteiger partial charge in [0.15, 0.2) is 0 Å². The zero-order valence-electron chi connectivity index (χ0n) is 15.0. The van der Waals surface area contributed by atoms with E-state index in [0.29, 0.717) is 17.2 Å². The number of nitrogens with one attached hydrogen (secondary N) is 1. The van der Waals surface area contributed by atoms with Gasteiger partial charge in [-0.2, -0.15) is 0 Å². The number of aryl methyl sites for hydroxylation is 1. The van der Waals surface area contributed by atoms with Crippen molar-refractivity contribution in [2.45, 2.75) is 53.0 Å². The highest BCUT2D eigenvalue weighted by Crippen LogP contribution is 2.40. The molecule has 0 aliphatic heterocycles. The Balaban J connectivity index is 2.34. The van der Waals surface area contributed by atoms with Gasteiger partial charge in [-0.15, -0.1) is 0 Å². The zero-order chi connectivity index (χ0) is 18.1. The second kappa shape index (κ2) is 6.79. The molecule has 6 heteroatoms. The van der Waals surface area contributed by atoms with Crippen molar-refractivity contribution in [3.63, 3.8) is 0 Å². The molecule has 0 heterocycles. The van der Waals surface area contributed by atoms with Crippen molar-refractivity contribution in [2.75, 3.05) is 12.4 Å². The number of esters is 1. The van der Waals surface area contributed by atoms with Crippen LogP contribution in [0, 0.1) is 28.4 Å². The van der Waals surface area contributed by atoms with E-state index in [2.05, 4.69) is 26.1 Å². The maximum atomic E-state index is 11.8. The maximum Gasteiger partial charge on any atom is 0.338 e. The number of hydrogen-bond acceptors (Lipinski definition) is 5. The lowest BCUT2D eigenvalue weighted by Crippen LogP contribution is -2.35. The van der Waals surface area contributed by atoms with E-state index >= 15 is 0 Å². The van der Waals surface area contributed by atoms with Gasteiger partial charge in [-0.3, -0.25) is 10.1 Å². The molecule has 2 rings (SSSR count). The quantitative estimate of drug-likeness (QED) is 0.504. The van der Waals surface area contributed by atoms with Crippen molar-refractivity contribution in [1.29, 1.82) is 0 Å². The van der Waals surface area contributed by atoms with Crippen LogP contribution in [-0.2, 0) is 4.74 Å². The number of nitrogens with zero attached hydrogens (tertiary/aromatic N) is 1. The van der Waals surface area contributed by atoms with E-state index in [4.69, 9.17) is 4.74 Å². The first-order valence-corrected chi connectivity index (χ1v) is 8.27. The lowest BCUT2D eigenvalue weighted by atomic mass is 9.70. The average Bonchev–Trinajstić information content (AvgIpc) is 2.44. The molecule has 24 heavy (non-hydrogen) atoms. The topological polar surface area (TPSA) is 81.5 Å². The van der Waals surface area contributed by atoms with E-state index in [1.807, 2.05) is 0 Å². The van der Waals surface area contributed by atoms with E-state index in [1.165, 1.54) is 13.2 Å². The monoisotopic (exact) mass is 334 g/mol. The number of nitro benzene ring substituents is 1. The molecular weight excluding hydrogens is 308 g/mol. The van der Waals surface area contributed by atoms with E-state index in [-0.39, 0.29) is 22.7 Å². The van der Waals surface area contributed by atoms with Crippen LogP contribution in [0.3, 0.4) is 0 Å². The van der Waals surface area contributed by atoms with Gasteiger partial charge in [0.2, 0.25) is 0 Å². The number of carbonyl (C=O) groups excluding carboxylic acids is 1. The summed E-state index contributed by atoms with van der Waals surface area (Å²) in [6.07, 6.45) is 3.11. The van der Waals surface area contributed by atoms with E-state index in [9.17, 15) is 14.9 Å². The SMILES string of the molecule is COC(=O)c1cc([N+](=O)[O-])c(N[C@H]2C[C@@H](C)CC(C)(C)C2)cc1C. The normalized spacial score (nSPS) is 22.7. The smallest absolute Gasteiger partial charge is 0.338 e. The lowest BCUT2D eigenvalue weighted by Gasteiger charge is -2.39. The summed E-state index contributed by atoms with van der Waals surface area (Å²) in [5.74, 6) is 0.00955. The Kier molecular flexibility index (Phi) is 5.16. The number of carbonyl (C=O) groups is 1. The Bertz CT molecular complexity index is 655. The highest BCUT2D eigenvalue weighted by atomic mass is 16.6. The van der Waals surface area contributed by atoms with Crippen molar-refractivity contribution >= 4 is 17.3 Å². The van der Waals surface area contributed by atoms with Crippen LogP contribution in [-0.4, -0.2) is 24.0 Å². The number of hydrogen-bond donors (Lipinski definition) is 1. The molecule has 132 valence electrons. The first-order chi connectivity index (χ1) is 11.1. The minimum atomic E-state index is -0.561. The molecule has 1 aliphatic carbocycles. The minimum Gasteiger partial charge on any atom is -0.465 e. The van der Waals surface area contributed by atoms with Crippen molar-refractivity contribution in [2.24, 2.45) is 11.3 Å². The predicted octanol–water partition coefficient (Wildman–Crippen LogP) is 4.32. The molecule has 0 radical (unpaired) electrons. The summed E-state index contributed by atoms with van der Waals surface area (Å²) in [5.41, 5.74) is 1.49. The molecule has 0 aromatic heterocycles. The van der Waals surface area contributed by atoms with Crippen LogP contribution in [0.4, 0.5) is 11.4 Å². The highest BCUT2D eigenvalue weighted by molar-refractivity contribution is 5.93. The van der Waals surface area contributed by atoms with Gasteiger partial charge < -0.3 is 10.1 Å². The Morgan fingerprint density at radius 2 is 2.04 bits per heavy atom. The molecule has 1 aliphatic rings. The van der Waals surface area contributed by atoms with Crippen molar-refractivity contribution in [3.05, 3.63) is 33.4 Å². The highest BCUT2D eigenvalue weighted by Gasteiger charge is 2.33. The number of methoxy groups -OCH3 is 1. The molecule has 1 fully saturated rings. The van der Waals surface area contributed by atoms with Crippen molar-refractivity contribution < 1.29 is 14.5 Å². The standard InChI is InChI=1S/C18H26N2O4/c1-11-6-13(10-18(3,4)9-11)19-15-7-12(2)14(17(21)24-5)8-16(15)20(22)23/h7-8,11,13,19H,6,9-10H2,1-5H3/t11-,13+/m1/s1. The Morgan fingerprint density at radius 3 is 2.58 bits per heavy atom. The third-order valence-corrected chi connectivity index (χ3v) is 4.69. The van der Waals surface area contributed by atoms with E-state index in [0.717, 1.165) is 19.3 Å². The van der Waals surface area contributed by atoms with Crippen LogP contribution in [0.1, 0.15) is 56.0 Å². The lowest BCUT2D eigenvalue weighted by molar-refractivity contribution is -0.384. The number of anilines is 1. The summed E-state index contributed by atoms with van der Waals surface area (Å²) < 4.78 is 4.70. The molecule has 1 saturated carbocycles.